The smallest absolute Gasteiger partial charge is 0.244 e. The minimum atomic E-state index is -0.360. The van der Waals surface area contributed by atoms with Crippen molar-refractivity contribution in [2.24, 2.45) is 0 Å². The van der Waals surface area contributed by atoms with Crippen molar-refractivity contribution in [1.29, 1.82) is 0 Å². The van der Waals surface area contributed by atoms with Gasteiger partial charge in [0.05, 0.1) is 18.5 Å². The molecule has 0 saturated carbocycles. The Morgan fingerprint density at radius 1 is 1.03 bits per heavy atom. The zero-order valence-corrected chi connectivity index (χ0v) is 16.5. The van der Waals surface area contributed by atoms with Gasteiger partial charge >= 0.3 is 0 Å². The summed E-state index contributed by atoms with van der Waals surface area (Å²) in [4.78, 5) is 42.2. The van der Waals surface area contributed by atoms with Crippen LogP contribution in [-0.4, -0.2) is 29.3 Å². The van der Waals surface area contributed by atoms with E-state index in [2.05, 4.69) is 15.8 Å². The van der Waals surface area contributed by atoms with Gasteiger partial charge in [0.1, 0.15) is 0 Å². The second kappa shape index (κ2) is 8.40. The predicted octanol–water partition coefficient (Wildman–Crippen LogP) is 2.36. The highest BCUT2D eigenvalue weighted by Crippen LogP contribution is 2.25. The number of rotatable bonds is 5. The van der Waals surface area contributed by atoms with Crippen LogP contribution in [0.1, 0.15) is 24.1 Å². The third kappa shape index (κ3) is 4.43. The Bertz CT molecular complexity index is 1070. The van der Waals surface area contributed by atoms with Crippen LogP contribution >= 0.6 is 11.3 Å². The molecule has 8 heteroatoms. The standard InChI is InChI=1S/C21H20N4O3S/c26-18(11-15-7-3-6-14-5-1-2-8-17(14)15)23-24-19(27)12-16-13-29-21(22-16)25-10-4-9-20(25)28/h1-3,5-8,13H,4,9-12H2,(H,23,26)(H,24,27). The largest absolute Gasteiger partial charge is 0.288 e. The van der Waals surface area contributed by atoms with Gasteiger partial charge in [-0.15, -0.1) is 11.3 Å². The van der Waals surface area contributed by atoms with Crippen molar-refractivity contribution in [3.8, 4) is 0 Å². The first-order valence-electron chi connectivity index (χ1n) is 9.39. The fourth-order valence-electron chi connectivity index (χ4n) is 3.36. The summed E-state index contributed by atoms with van der Waals surface area (Å²) in [6, 6.07) is 13.7. The van der Waals surface area contributed by atoms with Gasteiger partial charge in [-0.2, -0.15) is 0 Å². The lowest BCUT2D eigenvalue weighted by Crippen LogP contribution is -2.43. The zero-order chi connectivity index (χ0) is 20.2. The summed E-state index contributed by atoms with van der Waals surface area (Å²) in [5.41, 5.74) is 6.36. The van der Waals surface area contributed by atoms with Crippen LogP contribution < -0.4 is 15.8 Å². The van der Waals surface area contributed by atoms with Crippen molar-refractivity contribution in [3.05, 3.63) is 59.1 Å². The van der Waals surface area contributed by atoms with E-state index in [4.69, 9.17) is 0 Å². The summed E-state index contributed by atoms with van der Waals surface area (Å²) in [5, 5.41) is 4.47. The normalized spacial score (nSPS) is 13.7. The fraction of sp³-hybridized carbons (Fsp3) is 0.238. The van der Waals surface area contributed by atoms with Crippen molar-refractivity contribution in [2.75, 3.05) is 11.4 Å². The number of carbonyl (C=O) groups excluding carboxylic acids is 3. The van der Waals surface area contributed by atoms with Crippen molar-refractivity contribution >= 4 is 45.0 Å². The summed E-state index contributed by atoms with van der Waals surface area (Å²) in [5.74, 6) is -0.590. The number of nitrogens with zero attached hydrogens (tertiary/aromatic N) is 2. The van der Waals surface area contributed by atoms with E-state index in [0.29, 0.717) is 23.8 Å². The van der Waals surface area contributed by atoms with Crippen molar-refractivity contribution in [3.63, 3.8) is 0 Å². The summed E-state index contributed by atoms with van der Waals surface area (Å²) in [6.45, 7) is 0.669. The molecule has 1 saturated heterocycles. The van der Waals surface area contributed by atoms with E-state index in [1.807, 2.05) is 42.5 Å². The van der Waals surface area contributed by atoms with Crippen LogP contribution in [0.5, 0.6) is 0 Å². The Labute approximate surface area is 171 Å². The van der Waals surface area contributed by atoms with Crippen LogP contribution in [-0.2, 0) is 27.2 Å². The average Bonchev–Trinajstić information content (AvgIpc) is 3.35. The molecule has 0 bridgehead atoms. The van der Waals surface area contributed by atoms with Crippen molar-refractivity contribution < 1.29 is 14.4 Å². The van der Waals surface area contributed by atoms with Crippen LogP contribution in [0, 0.1) is 0 Å². The van der Waals surface area contributed by atoms with E-state index in [-0.39, 0.29) is 30.6 Å². The number of carbonyl (C=O) groups is 3. The van der Waals surface area contributed by atoms with Crippen molar-refractivity contribution in [1.82, 2.24) is 15.8 Å². The van der Waals surface area contributed by atoms with Crippen LogP contribution in [0.15, 0.2) is 47.8 Å². The van der Waals surface area contributed by atoms with Gasteiger partial charge < -0.3 is 0 Å². The van der Waals surface area contributed by atoms with Crippen LogP contribution in [0.2, 0.25) is 0 Å². The van der Waals surface area contributed by atoms with Crippen LogP contribution in [0.25, 0.3) is 10.8 Å². The van der Waals surface area contributed by atoms with E-state index in [9.17, 15) is 14.4 Å². The highest BCUT2D eigenvalue weighted by Gasteiger charge is 2.24. The molecule has 3 amide bonds. The molecule has 1 fully saturated rings. The number of fused-ring (bicyclic) bond motifs is 1. The molecule has 2 N–H and O–H groups in total. The second-order valence-corrected chi connectivity index (χ2v) is 7.70. The number of amides is 3. The minimum absolute atomic E-state index is 0.0348. The Hall–Kier alpha value is -3.26. The van der Waals surface area contributed by atoms with E-state index in [1.165, 1.54) is 11.3 Å². The molecule has 1 aliphatic rings. The first-order valence-corrected chi connectivity index (χ1v) is 10.3. The lowest BCUT2D eigenvalue weighted by Gasteiger charge is -2.10. The number of hydrogen-bond donors (Lipinski definition) is 2. The van der Waals surface area contributed by atoms with Gasteiger partial charge in [0.2, 0.25) is 17.7 Å². The third-order valence-corrected chi connectivity index (χ3v) is 5.67. The van der Waals surface area contributed by atoms with Gasteiger partial charge in [-0.05, 0) is 22.8 Å². The number of nitrogens with one attached hydrogen (secondary N) is 2. The minimum Gasteiger partial charge on any atom is -0.288 e. The Morgan fingerprint density at radius 3 is 2.59 bits per heavy atom. The fourth-order valence-corrected chi connectivity index (χ4v) is 4.23. The summed E-state index contributed by atoms with van der Waals surface area (Å²) < 4.78 is 0. The maximum absolute atomic E-state index is 12.2. The SMILES string of the molecule is O=C(Cc1csc(N2CCCC2=O)n1)NNC(=O)Cc1cccc2ccccc12. The molecule has 0 unspecified atom stereocenters. The summed E-state index contributed by atoms with van der Waals surface area (Å²) in [6.07, 6.45) is 1.57. The first kappa shape index (κ1) is 19.1. The van der Waals surface area contributed by atoms with E-state index < -0.39 is 0 Å². The average molecular weight is 408 g/mol. The maximum Gasteiger partial charge on any atom is 0.244 e. The number of benzene rings is 2. The molecule has 4 rings (SSSR count). The summed E-state index contributed by atoms with van der Waals surface area (Å²) >= 11 is 1.35. The van der Waals surface area contributed by atoms with Gasteiger partial charge in [0.15, 0.2) is 5.13 Å². The Morgan fingerprint density at radius 2 is 1.79 bits per heavy atom. The molecule has 0 aliphatic carbocycles. The van der Waals surface area contributed by atoms with Crippen molar-refractivity contribution in [2.45, 2.75) is 25.7 Å². The molecule has 2 heterocycles. The molecule has 0 radical (unpaired) electrons. The van der Waals surface area contributed by atoms with Gasteiger partial charge in [-0.1, -0.05) is 42.5 Å². The molecule has 148 valence electrons. The molecule has 0 spiro atoms. The van der Waals surface area contributed by atoms with Gasteiger partial charge in [0.25, 0.3) is 0 Å². The van der Waals surface area contributed by atoms with E-state index in [0.717, 1.165) is 22.8 Å². The zero-order valence-electron chi connectivity index (χ0n) is 15.7. The first-order chi connectivity index (χ1) is 14.1. The number of anilines is 1. The third-order valence-electron chi connectivity index (χ3n) is 4.76. The molecule has 3 aromatic rings. The lowest BCUT2D eigenvalue weighted by atomic mass is 10.0. The van der Waals surface area contributed by atoms with Gasteiger partial charge in [0, 0.05) is 18.3 Å². The molecular formula is C21H20N4O3S. The number of thiazole rings is 1. The van der Waals surface area contributed by atoms with Crippen LogP contribution in [0.3, 0.4) is 0 Å². The highest BCUT2D eigenvalue weighted by atomic mass is 32.1. The molecule has 7 nitrogen and oxygen atoms in total. The number of hydrogen-bond acceptors (Lipinski definition) is 5. The molecular weight excluding hydrogens is 388 g/mol. The van der Waals surface area contributed by atoms with E-state index in [1.54, 1.807) is 10.3 Å². The topological polar surface area (TPSA) is 91.4 Å². The Kier molecular flexibility index (Phi) is 5.53. The maximum atomic E-state index is 12.2. The highest BCUT2D eigenvalue weighted by molar-refractivity contribution is 7.14. The predicted molar refractivity (Wildman–Crippen MR) is 111 cm³/mol. The second-order valence-electron chi connectivity index (χ2n) is 6.86. The molecule has 1 aliphatic heterocycles. The lowest BCUT2D eigenvalue weighted by molar-refractivity contribution is -0.128. The number of hydrazine groups is 1. The molecule has 0 atom stereocenters. The number of aromatic nitrogens is 1. The van der Waals surface area contributed by atoms with E-state index >= 15 is 0 Å². The molecule has 2 aromatic carbocycles. The molecule has 1 aromatic heterocycles. The Balaban J connectivity index is 1.30. The monoisotopic (exact) mass is 408 g/mol. The summed E-state index contributed by atoms with van der Waals surface area (Å²) in [7, 11) is 0. The molecule has 29 heavy (non-hydrogen) atoms. The quantitative estimate of drug-likeness (QED) is 0.634. The van der Waals surface area contributed by atoms with Crippen LogP contribution in [0.4, 0.5) is 5.13 Å². The van der Waals surface area contributed by atoms with Gasteiger partial charge in [-0.3, -0.25) is 30.1 Å². The van der Waals surface area contributed by atoms with Gasteiger partial charge in [-0.25, -0.2) is 4.98 Å².